The first kappa shape index (κ1) is 17.2. The van der Waals surface area contributed by atoms with Crippen LogP contribution in [0.3, 0.4) is 0 Å². The smallest absolute Gasteiger partial charge is 0.407 e. The van der Waals surface area contributed by atoms with E-state index in [-0.39, 0.29) is 23.2 Å². The van der Waals surface area contributed by atoms with Crippen molar-refractivity contribution in [2.24, 2.45) is 0 Å². The highest BCUT2D eigenvalue weighted by Gasteiger charge is 2.17. The molecule has 0 atom stereocenters. The van der Waals surface area contributed by atoms with E-state index in [4.69, 9.17) is 4.42 Å². The number of carbonyl (C=O) groups is 1. The number of oxazole rings is 1. The second kappa shape index (κ2) is 7.50. The highest BCUT2D eigenvalue weighted by atomic mass is 16.6. The number of non-ortho nitro benzene ring substituents is 1. The molecule has 1 N–H and O–H groups in total. The number of nitrogens with zero attached hydrogens (tertiary/aromatic N) is 2. The Bertz CT molecular complexity index is 832. The second-order valence-electron chi connectivity index (χ2n) is 6.43. The predicted octanol–water partition coefficient (Wildman–Crippen LogP) is 2.73. The lowest BCUT2D eigenvalue weighted by molar-refractivity contribution is -0.384. The number of rotatable bonds is 6. The number of fused-ring (bicyclic) bond motifs is 1. The molecule has 2 aromatic rings. The molecule has 1 aliphatic rings. The fraction of sp³-hybridized carbons (Fsp3) is 0.529. The first-order chi connectivity index (χ1) is 12.0. The van der Waals surface area contributed by atoms with Crippen molar-refractivity contribution in [2.45, 2.75) is 57.5 Å². The lowest BCUT2D eigenvalue weighted by Gasteiger charge is -2.22. The van der Waals surface area contributed by atoms with Crippen molar-refractivity contribution in [3.05, 3.63) is 38.9 Å². The molecule has 0 spiro atoms. The average Bonchev–Trinajstić information content (AvgIpc) is 2.90. The van der Waals surface area contributed by atoms with E-state index in [2.05, 4.69) is 5.32 Å². The monoisotopic (exact) mass is 347 g/mol. The van der Waals surface area contributed by atoms with E-state index in [0.717, 1.165) is 25.7 Å². The first-order valence-electron chi connectivity index (χ1n) is 8.62. The largest absolute Gasteiger partial charge is 0.419 e. The van der Waals surface area contributed by atoms with Crippen LogP contribution in [0.25, 0.3) is 11.1 Å². The number of benzene rings is 1. The fourth-order valence-corrected chi connectivity index (χ4v) is 3.32. The van der Waals surface area contributed by atoms with E-state index >= 15 is 0 Å². The maximum atomic E-state index is 12.0. The molecule has 0 unspecified atom stereocenters. The minimum Gasteiger partial charge on any atom is -0.407 e. The highest BCUT2D eigenvalue weighted by molar-refractivity contribution is 5.77. The molecule has 1 amide bonds. The average molecular weight is 347 g/mol. The van der Waals surface area contributed by atoms with Gasteiger partial charge in [-0.2, -0.15) is 0 Å². The van der Waals surface area contributed by atoms with Crippen LogP contribution in [0.2, 0.25) is 0 Å². The van der Waals surface area contributed by atoms with Gasteiger partial charge in [0, 0.05) is 25.1 Å². The molecule has 1 aromatic heterocycles. The van der Waals surface area contributed by atoms with Gasteiger partial charge in [0.1, 0.15) is 0 Å². The van der Waals surface area contributed by atoms with Crippen LogP contribution >= 0.6 is 0 Å². The molecule has 0 radical (unpaired) electrons. The zero-order chi connectivity index (χ0) is 17.8. The van der Waals surface area contributed by atoms with Gasteiger partial charge in [-0.15, -0.1) is 0 Å². The van der Waals surface area contributed by atoms with Crippen molar-refractivity contribution in [3.8, 4) is 0 Å². The number of hydrogen-bond acceptors (Lipinski definition) is 5. The number of hydrogen-bond donors (Lipinski definition) is 1. The van der Waals surface area contributed by atoms with Crippen LogP contribution < -0.4 is 11.1 Å². The van der Waals surface area contributed by atoms with Crippen LogP contribution in [0.4, 0.5) is 5.69 Å². The third-order valence-electron chi connectivity index (χ3n) is 4.62. The van der Waals surface area contributed by atoms with Gasteiger partial charge in [0.05, 0.1) is 16.5 Å². The van der Waals surface area contributed by atoms with E-state index in [9.17, 15) is 19.7 Å². The molecular formula is C17H21N3O5. The van der Waals surface area contributed by atoms with Gasteiger partial charge in [-0.25, -0.2) is 4.79 Å². The third kappa shape index (κ3) is 4.07. The SMILES string of the molecule is O=C(CCCn1c(=O)oc2cc([N+](=O)[O-])ccc21)NC1CCCCC1. The molecule has 1 saturated carbocycles. The molecule has 1 aliphatic carbocycles. The van der Waals surface area contributed by atoms with Gasteiger partial charge in [-0.1, -0.05) is 19.3 Å². The van der Waals surface area contributed by atoms with Gasteiger partial charge in [0.2, 0.25) is 5.91 Å². The Morgan fingerprint density at radius 1 is 1.32 bits per heavy atom. The molecule has 8 nitrogen and oxygen atoms in total. The van der Waals surface area contributed by atoms with Crippen molar-refractivity contribution in [3.63, 3.8) is 0 Å². The zero-order valence-electron chi connectivity index (χ0n) is 13.9. The van der Waals surface area contributed by atoms with Crippen molar-refractivity contribution < 1.29 is 14.1 Å². The van der Waals surface area contributed by atoms with Crippen LogP contribution in [0.15, 0.2) is 27.4 Å². The van der Waals surface area contributed by atoms with E-state index < -0.39 is 10.7 Å². The lowest BCUT2D eigenvalue weighted by atomic mass is 9.95. The molecule has 25 heavy (non-hydrogen) atoms. The Kier molecular flexibility index (Phi) is 5.16. The van der Waals surface area contributed by atoms with Crippen LogP contribution in [0, 0.1) is 10.1 Å². The molecule has 1 heterocycles. The predicted molar refractivity (Wildman–Crippen MR) is 91.4 cm³/mol. The summed E-state index contributed by atoms with van der Waals surface area (Å²) in [5.74, 6) is -0.563. The van der Waals surface area contributed by atoms with Crippen LogP contribution in [-0.2, 0) is 11.3 Å². The quantitative estimate of drug-likeness (QED) is 0.638. The van der Waals surface area contributed by atoms with Gasteiger partial charge in [0.25, 0.3) is 5.69 Å². The Morgan fingerprint density at radius 2 is 2.08 bits per heavy atom. The number of carbonyl (C=O) groups excluding carboxylic acids is 1. The number of nitro groups is 1. The Morgan fingerprint density at radius 3 is 2.80 bits per heavy atom. The number of nitrogens with one attached hydrogen (secondary N) is 1. The van der Waals surface area contributed by atoms with Gasteiger partial charge < -0.3 is 9.73 Å². The number of amides is 1. The molecule has 3 rings (SSSR count). The molecule has 1 aromatic carbocycles. The van der Waals surface area contributed by atoms with Crippen LogP contribution in [0.1, 0.15) is 44.9 Å². The Balaban J connectivity index is 1.59. The van der Waals surface area contributed by atoms with Crippen molar-refractivity contribution >= 4 is 22.7 Å². The highest BCUT2D eigenvalue weighted by Crippen LogP contribution is 2.20. The third-order valence-corrected chi connectivity index (χ3v) is 4.62. The minimum atomic E-state index is -0.566. The summed E-state index contributed by atoms with van der Waals surface area (Å²) in [5.41, 5.74) is 0.564. The summed E-state index contributed by atoms with van der Waals surface area (Å²) in [6.07, 6.45) is 6.47. The molecular weight excluding hydrogens is 326 g/mol. The molecule has 8 heteroatoms. The van der Waals surface area contributed by atoms with Crippen LogP contribution in [-0.4, -0.2) is 21.4 Å². The topological polar surface area (TPSA) is 107 Å². The lowest BCUT2D eigenvalue weighted by Crippen LogP contribution is -2.36. The molecule has 0 bridgehead atoms. The summed E-state index contributed by atoms with van der Waals surface area (Å²) in [7, 11) is 0. The summed E-state index contributed by atoms with van der Waals surface area (Å²) < 4.78 is 6.48. The summed E-state index contributed by atoms with van der Waals surface area (Å²) in [5, 5.41) is 13.8. The van der Waals surface area contributed by atoms with E-state index in [0.29, 0.717) is 24.9 Å². The van der Waals surface area contributed by atoms with Crippen molar-refractivity contribution in [2.75, 3.05) is 0 Å². The first-order valence-corrected chi connectivity index (χ1v) is 8.62. The molecule has 0 saturated heterocycles. The number of aromatic nitrogens is 1. The van der Waals surface area contributed by atoms with Gasteiger partial charge in [-0.05, 0) is 25.3 Å². The normalized spacial score (nSPS) is 15.4. The number of aryl methyl sites for hydroxylation is 1. The van der Waals surface area contributed by atoms with E-state index in [1.54, 1.807) is 0 Å². The summed E-state index contributed by atoms with van der Waals surface area (Å²) in [4.78, 5) is 34.2. The summed E-state index contributed by atoms with van der Waals surface area (Å²) in [6, 6.07) is 4.35. The molecule has 134 valence electrons. The van der Waals surface area contributed by atoms with Gasteiger partial charge in [-0.3, -0.25) is 19.5 Å². The minimum absolute atomic E-state index is 0.00314. The van der Waals surface area contributed by atoms with Crippen molar-refractivity contribution in [1.29, 1.82) is 0 Å². The second-order valence-corrected chi connectivity index (χ2v) is 6.43. The van der Waals surface area contributed by atoms with Gasteiger partial charge in [0.15, 0.2) is 5.58 Å². The van der Waals surface area contributed by atoms with E-state index in [1.807, 2.05) is 0 Å². The zero-order valence-corrected chi connectivity index (χ0v) is 13.9. The fourth-order valence-electron chi connectivity index (χ4n) is 3.32. The number of nitro benzene ring substituents is 1. The van der Waals surface area contributed by atoms with Crippen molar-refractivity contribution in [1.82, 2.24) is 9.88 Å². The Labute approximate surface area is 144 Å². The van der Waals surface area contributed by atoms with E-state index in [1.165, 1.54) is 29.2 Å². The standard InChI is InChI=1S/C17H21N3O5/c21-16(18-12-5-2-1-3-6-12)7-4-10-19-14-9-8-13(20(23)24)11-15(14)25-17(19)22/h8-9,11-12H,1-7,10H2,(H,18,21). The molecule has 1 fully saturated rings. The Hall–Kier alpha value is -2.64. The summed E-state index contributed by atoms with van der Waals surface area (Å²) >= 11 is 0. The molecule has 0 aliphatic heterocycles. The summed E-state index contributed by atoms with van der Waals surface area (Å²) in [6.45, 7) is 0.335. The van der Waals surface area contributed by atoms with Gasteiger partial charge >= 0.3 is 5.76 Å². The van der Waals surface area contributed by atoms with Crippen LogP contribution in [0.5, 0.6) is 0 Å². The maximum Gasteiger partial charge on any atom is 0.419 e. The maximum absolute atomic E-state index is 12.0.